The third kappa shape index (κ3) is 2.01. The van der Waals surface area contributed by atoms with E-state index in [-0.39, 0.29) is 0 Å². The first kappa shape index (κ1) is 6.99. The molecule has 1 heterocycles. The largest absolute Gasteiger partial charge is 0.354 e. The van der Waals surface area contributed by atoms with Crippen molar-refractivity contribution in [2.24, 2.45) is 0 Å². The van der Waals surface area contributed by atoms with E-state index >= 15 is 0 Å². The van der Waals surface area contributed by atoms with Crippen molar-refractivity contribution in [2.75, 3.05) is 11.9 Å². The Balaban J connectivity index is 2.43. The summed E-state index contributed by atoms with van der Waals surface area (Å²) in [5.41, 5.74) is 0. The van der Waals surface area contributed by atoms with Crippen molar-refractivity contribution < 1.29 is 0 Å². The molecular formula is C7H10N3. The zero-order chi connectivity index (χ0) is 7.23. The Labute approximate surface area is 60.5 Å². The molecule has 10 heavy (non-hydrogen) atoms. The standard InChI is InChI=1S/C7H10N3/c1-2-4-8-7-9-5-3-6-10-7/h3,5-6H,1-2,4H2,(H,8,9,10). The molecule has 0 bridgehead atoms. The number of hydrogen-bond donors (Lipinski definition) is 1. The van der Waals surface area contributed by atoms with E-state index in [9.17, 15) is 0 Å². The molecule has 0 aliphatic rings. The summed E-state index contributed by atoms with van der Waals surface area (Å²) in [6, 6.07) is 1.79. The fraction of sp³-hybridized carbons (Fsp3) is 0.286. The predicted octanol–water partition coefficient (Wildman–Crippen LogP) is 1.11. The molecule has 3 heteroatoms. The van der Waals surface area contributed by atoms with Crippen LogP contribution in [0.2, 0.25) is 0 Å². The van der Waals surface area contributed by atoms with E-state index in [1.54, 1.807) is 18.5 Å². The van der Waals surface area contributed by atoms with Gasteiger partial charge in [-0.2, -0.15) is 0 Å². The lowest BCUT2D eigenvalue weighted by molar-refractivity contribution is 1.01. The van der Waals surface area contributed by atoms with Crippen molar-refractivity contribution in [3.63, 3.8) is 0 Å². The summed E-state index contributed by atoms with van der Waals surface area (Å²) in [6.45, 7) is 4.51. The first-order valence-corrected chi connectivity index (χ1v) is 3.23. The Morgan fingerprint density at radius 1 is 1.40 bits per heavy atom. The van der Waals surface area contributed by atoms with Crippen molar-refractivity contribution in [2.45, 2.75) is 6.42 Å². The van der Waals surface area contributed by atoms with Gasteiger partial charge in [0.05, 0.1) is 0 Å². The van der Waals surface area contributed by atoms with E-state index in [1.807, 2.05) is 0 Å². The Hall–Kier alpha value is -1.12. The van der Waals surface area contributed by atoms with E-state index in [2.05, 4.69) is 22.2 Å². The molecule has 1 N–H and O–H groups in total. The van der Waals surface area contributed by atoms with Gasteiger partial charge in [-0.3, -0.25) is 0 Å². The van der Waals surface area contributed by atoms with Gasteiger partial charge in [-0.15, -0.1) is 0 Å². The Bertz CT molecular complexity index is 173. The van der Waals surface area contributed by atoms with E-state index < -0.39 is 0 Å². The quantitative estimate of drug-likeness (QED) is 0.676. The monoisotopic (exact) mass is 136 g/mol. The SMILES string of the molecule is [CH2]CCNc1ncccn1. The molecule has 0 aliphatic heterocycles. The van der Waals surface area contributed by atoms with Crippen molar-refractivity contribution >= 4 is 5.95 Å². The van der Waals surface area contributed by atoms with Gasteiger partial charge in [0, 0.05) is 18.9 Å². The van der Waals surface area contributed by atoms with Crippen LogP contribution in [-0.4, -0.2) is 16.5 Å². The minimum absolute atomic E-state index is 0.672. The molecule has 0 fully saturated rings. The maximum absolute atomic E-state index is 3.97. The molecule has 0 saturated carbocycles. The molecule has 0 aliphatic carbocycles. The van der Waals surface area contributed by atoms with Crippen LogP contribution in [0, 0.1) is 6.92 Å². The maximum atomic E-state index is 3.97. The highest BCUT2D eigenvalue weighted by Gasteiger charge is 1.87. The third-order valence-electron chi connectivity index (χ3n) is 1.03. The fourth-order valence-corrected chi connectivity index (χ4v) is 0.591. The lowest BCUT2D eigenvalue weighted by atomic mass is 10.5. The van der Waals surface area contributed by atoms with Crippen molar-refractivity contribution in [3.8, 4) is 0 Å². The van der Waals surface area contributed by atoms with Gasteiger partial charge in [0.25, 0.3) is 0 Å². The Morgan fingerprint density at radius 3 is 2.70 bits per heavy atom. The van der Waals surface area contributed by atoms with Gasteiger partial charge in [0.1, 0.15) is 0 Å². The van der Waals surface area contributed by atoms with Crippen LogP contribution in [-0.2, 0) is 0 Å². The number of nitrogens with zero attached hydrogens (tertiary/aromatic N) is 2. The summed E-state index contributed by atoms with van der Waals surface area (Å²) in [6.07, 6.45) is 4.26. The van der Waals surface area contributed by atoms with Crippen molar-refractivity contribution in [3.05, 3.63) is 25.4 Å². The number of hydrogen-bond acceptors (Lipinski definition) is 3. The second-order valence-corrected chi connectivity index (χ2v) is 1.85. The molecule has 0 atom stereocenters. The number of anilines is 1. The highest BCUT2D eigenvalue weighted by molar-refractivity contribution is 5.21. The third-order valence-corrected chi connectivity index (χ3v) is 1.03. The molecule has 1 aromatic rings. The first-order chi connectivity index (χ1) is 4.93. The normalized spacial score (nSPS) is 9.30. The maximum Gasteiger partial charge on any atom is 0.222 e. The van der Waals surface area contributed by atoms with Crippen LogP contribution in [0.1, 0.15) is 6.42 Å². The molecule has 0 amide bonds. The van der Waals surface area contributed by atoms with Crippen LogP contribution in [0.25, 0.3) is 0 Å². The summed E-state index contributed by atoms with van der Waals surface area (Å²) in [5, 5.41) is 3.01. The molecule has 1 radical (unpaired) electrons. The molecular weight excluding hydrogens is 126 g/mol. The lowest BCUT2D eigenvalue weighted by Gasteiger charge is -1.98. The van der Waals surface area contributed by atoms with Gasteiger partial charge >= 0.3 is 0 Å². The predicted molar refractivity (Wildman–Crippen MR) is 40.5 cm³/mol. The average molecular weight is 136 g/mol. The van der Waals surface area contributed by atoms with E-state index in [0.717, 1.165) is 13.0 Å². The van der Waals surface area contributed by atoms with Crippen LogP contribution in [0.3, 0.4) is 0 Å². The zero-order valence-electron chi connectivity index (χ0n) is 5.75. The highest BCUT2D eigenvalue weighted by atomic mass is 15.1. The number of rotatable bonds is 3. The molecule has 1 aromatic heterocycles. The second kappa shape index (κ2) is 3.82. The van der Waals surface area contributed by atoms with Crippen molar-refractivity contribution in [1.29, 1.82) is 0 Å². The van der Waals surface area contributed by atoms with Gasteiger partial charge < -0.3 is 5.32 Å². The lowest BCUT2D eigenvalue weighted by Crippen LogP contribution is -2.02. The molecule has 0 saturated heterocycles. The first-order valence-electron chi connectivity index (χ1n) is 3.23. The van der Waals surface area contributed by atoms with E-state index in [1.165, 1.54) is 0 Å². The molecule has 0 aromatic carbocycles. The Kier molecular flexibility index (Phi) is 2.67. The van der Waals surface area contributed by atoms with E-state index in [4.69, 9.17) is 0 Å². The summed E-state index contributed by atoms with van der Waals surface area (Å²) in [4.78, 5) is 7.93. The molecule has 3 nitrogen and oxygen atoms in total. The van der Waals surface area contributed by atoms with Gasteiger partial charge in [0.2, 0.25) is 5.95 Å². The van der Waals surface area contributed by atoms with Gasteiger partial charge in [-0.05, 0) is 12.5 Å². The van der Waals surface area contributed by atoms with Gasteiger partial charge in [-0.1, -0.05) is 6.92 Å². The van der Waals surface area contributed by atoms with Crippen LogP contribution in [0.5, 0.6) is 0 Å². The average Bonchev–Trinajstić information content (AvgIpc) is 2.03. The Morgan fingerprint density at radius 2 is 2.10 bits per heavy atom. The smallest absolute Gasteiger partial charge is 0.222 e. The minimum atomic E-state index is 0.672. The minimum Gasteiger partial charge on any atom is -0.354 e. The second-order valence-electron chi connectivity index (χ2n) is 1.85. The number of nitrogens with one attached hydrogen (secondary N) is 1. The summed E-state index contributed by atoms with van der Waals surface area (Å²) < 4.78 is 0. The van der Waals surface area contributed by atoms with E-state index in [0.29, 0.717) is 5.95 Å². The van der Waals surface area contributed by atoms with Gasteiger partial charge in [-0.25, -0.2) is 9.97 Å². The van der Waals surface area contributed by atoms with Gasteiger partial charge in [0.15, 0.2) is 0 Å². The summed E-state index contributed by atoms with van der Waals surface area (Å²) >= 11 is 0. The zero-order valence-corrected chi connectivity index (χ0v) is 5.75. The molecule has 53 valence electrons. The van der Waals surface area contributed by atoms with Crippen LogP contribution < -0.4 is 5.32 Å². The van der Waals surface area contributed by atoms with Crippen LogP contribution in [0.4, 0.5) is 5.95 Å². The van der Waals surface area contributed by atoms with Crippen LogP contribution in [0.15, 0.2) is 18.5 Å². The highest BCUT2D eigenvalue weighted by Crippen LogP contribution is 1.92. The molecule has 0 spiro atoms. The molecule has 0 unspecified atom stereocenters. The molecule has 1 rings (SSSR count). The summed E-state index contributed by atoms with van der Waals surface area (Å²) in [5.74, 6) is 0.672. The number of aromatic nitrogens is 2. The van der Waals surface area contributed by atoms with Crippen LogP contribution >= 0.6 is 0 Å². The van der Waals surface area contributed by atoms with Crippen molar-refractivity contribution in [1.82, 2.24) is 9.97 Å². The fourth-order valence-electron chi connectivity index (χ4n) is 0.591. The summed E-state index contributed by atoms with van der Waals surface area (Å²) in [7, 11) is 0. The topological polar surface area (TPSA) is 37.8 Å².